The molecule has 1 saturated carbocycles. The van der Waals surface area contributed by atoms with Crippen LogP contribution in [0, 0.1) is 5.92 Å². The van der Waals surface area contributed by atoms with Crippen LogP contribution >= 0.6 is 0 Å². The minimum atomic E-state index is -3.52. The molecule has 2 amide bonds. The maximum Gasteiger partial charge on any atom is 0.255 e. The Balaban J connectivity index is 1.17. The fraction of sp³-hybridized carbons (Fsp3) is 0.481. The lowest BCUT2D eigenvalue weighted by Crippen LogP contribution is -2.51. The first-order valence-electron chi connectivity index (χ1n) is 13.0. The summed E-state index contributed by atoms with van der Waals surface area (Å²) in [5, 5.41) is 5.83. The molecule has 37 heavy (non-hydrogen) atoms. The number of sulfonamides is 1. The van der Waals surface area contributed by atoms with E-state index in [1.165, 1.54) is 10.7 Å². The average molecular weight is 524 g/mol. The van der Waals surface area contributed by atoms with Crippen LogP contribution in [-0.4, -0.2) is 59.7 Å². The highest BCUT2D eigenvalue weighted by atomic mass is 32.2. The second kappa shape index (κ2) is 10.7. The number of pyridine rings is 1. The predicted octanol–water partition coefficient (Wildman–Crippen LogP) is 3.15. The van der Waals surface area contributed by atoms with Crippen LogP contribution < -0.4 is 10.6 Å². The normalized spacial score (nSPS) is 20.4. The fourth-order valence-corrected chi connectivity index (χ4v) is 6.96. The molecular weight excluding hydrogens is 490 g/mol. The van der Waals surface area contributed by atoms with Crippen molar-refractivity contribution in [1.82, 2.24) is 14.6 Å². The quantitative estimate of drug-likeness (QED) is 0.578. The van der Waals surface area contributed by atoms with Crippen molar-refractivity contribution < 1.29 is 18.0 Å². The van der Waals surface area contributed by atoms with Gasteiger partial charge in [0.05, 0.1) is 5.75 Å². The molecule has 3 heterocycles. The van der Waals surface area contributed by atoms with Crippen LogP contribution in [0.25, 0.3) is 0 Å². The summed E-state index contributed by atoms with van der Waals surface area (Å²) in [7, 11) is -3.52. The number of nitrogens with zero attached hydrogens (tertiary/aromatic N) is 3. The number of amidine groups is 1. The van der Waals surface area contributed by atoms with Gasteiger partial charge < -0.3 is 10.6 Å². The van der Waals surface area contributed by atoms with Crippen molar-refractivity contribution in [1.29, 1.82) is 0 Å². The van der Waals surface area contributed by atoms with Crippen LogP contribution in [0.2, 0.25) is 0 Å². The van der Waals surface area contributed by atoms with E-state index >= 15 is 0 Å². The van der Waals surface area contributed by atoms with Crippen molar-refractivity contribution in [3.63, 3.8) is 0 Å². The molecule has 0 radical (unpaired) electrons. The van der Waals surface area contributed by atoms with Crippen LogP contribution in [0.1, 0.15) is 60.9 Å². The molecule has 0 bridgehead atoms. The largest absolute Gasteiger partial charge is 0.322 e. The summed E-state index contributed by atoms with van der Waals surface area (Å²) in [6.45, 7) is 0.567. The van der Waals surface area contributed by atoms with Crippen molar-refractivity contribution in [2.24, 2.45) is 10.9 Å². The first-order valence-corrected chi connectivity index (χ1v) is 14.6. The van der Waals surface area contributed by atoms with E-state index in [9.17, 15) is 18.0 Å². The molecule has 2 fully saturated rings. The van der Waals surface area contributed by atoms with Crippen LogP contribution in [-0.2, 0) is 21.2 Å². The highest BCUT2D eigenvalue weighted by Gasteiger charge is 2.48. The van der Waals surface area contributed by atoms with Gasteiger partial charge >= 0.3 is 0 Å². The first kappa shape index (κ1) is 25.5. The van der Waals surface area contributed by atoms with E-state index in [0.717, 1.165) is 37.1 Å². The van der Waals surface area contributed by atoms with Crippen molar-refractivity contribution in [3.8, 4) is 0 Å². The highest BCUT2D eigenvalue weighted by molar-refractivity contribution is 7.89. The Morgan fingerprint density at radius 1 is 1.08 bits per heavy atom. The number of rotatable bonds is 7. The van der Waals surface area contributed by atoms with E-state index in [0.29, 0.717) is 36.4 Å². The number of carbonyl (C=O) groups excluding carboxylic acids is 2. The smallest absolute Gasteiger partial charge is 0.255 e. The molecule has 0 unspecified atom stereocenters. The third-order valence-corrected chi connectivity index (χ3v) is 9.58. The average Bonchev–Trinajstić information content (AvgIpc) is 3.24. The molecule has 1 aromatic heterocycles. The van der Waals surface area contributed by atoms with Gasteiger partial charge in [0.15, 0.2) is 0 Å². The second-order valence-electron chi connectivity index (χ2n) is 10.2. The monoisotopic (exact) mass is 523 g/mol. The maximum atomic E-state index is 13.1. The minimum Gasteiger partial charge on any atom is -0.322 e. The van der Waals surface area contributed by atoms with E-state index < -0.39 is 15.6 Å². The molecule has 2 aliphatic heterocycles. The Morgan fingerprint density at radius 3 is 2.54 bits per heavy atom. The van der Waals surface area contributed by atoms with Gasteiger partial charge in [-0.25, -0.2) is 12.7 Å². The number of carbonyl (C=O) groups is 2. The van der Waals surface area contributed by atoms with Gasteiger partial charge in [-0.05, 0) is 61.9 Å². The van der Waals surface area contributed by atoms with Gasteiger partial charge in [-0.1, -0.05) is 31.4 Å². The lowest BCUT2D eigenvalue weighted by molar-refractivity contribution is -0.125. The van der Waals surface area contributed by atoms with Crippen LogP contribution in [0.3, 0.4) is 0 Å². The molecule has 2 N–H and O–H groups in total. The number of aryl methyl sites for hydroxylation is 1. The Bertz CT molecular complexity index is 1280. The van der Waals surface area contributed by atoms with Crippen LogP contribution in [0.5, 0.6) is 0 Å². The molecule has 3 aliphatic rings. The van der Waals surface area contributed by atoms with E-state index in [2.05, 4.69) is 15.6 Å². The fourth-order valence-electron chi connectivity index (χ4n) is 5.47. The third kappa shape index (κ3) is 5.75. The molecule has 2 aromatic rings. The van der Waals surface area contributed by atoms with E-state index in [1.807, 2.05) is 6.07 Å². The van der Waals surface area contributed by atoms with Gasteiger partial charge in [-0.3, -0.25) is 19.6 Å². The van der Waals surface area contributed by atoms with Crippen LogP contribution in [0.4, 0.5) is 5.69 Å². The van der Waals surface area contributed by atoms with Crippen molar-refractivity contribution in [2.45, 2.75) is 56.9 Å². The van der Waals surface area contributed by atoms with E-state index in [-0.39, 0.29) is 30.7 Å². The third-order valence-electron chi connectivity index (χ3n) is 7.71. The number of aliphatic imine (C=N–C) groups is 1. The zero-order chi connectivity index (χ0) is 25.9. The minimum absolute atomic E-state index is 0.0573. The zero-order valence-electron chi connectivity index (χ0n) is 20.9. The number of benzene rings is 1. The molecule has 0 atom stereocenters. The Kier molecular flexibility index (Phi) is 7.39. The molecule has 9 nitrogen and oxygen atoms in total. The Hall–Kier alpha value is -3.11. The summed E-state index contributed by atoms with van der Waals surface area (Å²) in [5.41, 5.74) is 1.05. The van der Waals surface area contributed by atoms with E-state index in [4.69, 9.17) is 4.99 Å². The van der Waals surface area contributed by atoms with Crippen molar-refractivity contribution in [3.05, 3.63) is 59.9 Å². The number of piperidine rings is 1. The van der Waals surface area contributed by atoms with Gasteiger partial charge in [0, 0.05) is 42.7 Å². The number of nitrogens with one attached hydrogen (secondary N) is 2. The molecule has 5 rings (SSSR count). The Morgan fingerprint density at radius 2 is 1.81 bits per heavy atom. The topological polar surface area (TPSA) is 121 Å². The van der Waals surface area contributed by atoms with Crippen molar-refractivity contribution >= 4 is 33.4 Å². The second-order valence-corrected chi connectivity index (χ2v) is 12.3. The number of anilines is 1. The van der Waals surface area contributed by atoms with Gasteiger partial charge in [0.25, 0.3) is 11.8 Å². The number of hydrogen-bond donors (Lipinski definition) is 2. The molecule has 1 spiro atoms. The van der Waals surface area contributed by atoms with E-state index in [1.54, 1.807) is 42.7 Å². The van der Waals surface area contributed by atoms with Crippen LogP contribution in [0.15, 0.2) is 53.8 Å². The molecule has 1 aromatic carbocycles. The SMILES string of the molecule is O=C(Nc1ccncc1)c1cccc(CCS(=O)(=O)N2CCC3(CC2)N=C(C2CCCCC2)NC3=O)c1. The maximum absolute atomic E-state index is 13.1. The number of hydrogen-bond acceptors (Lipinski definition) is 6. The standard InChI is InChI=1S/C27H33N5O4S/c33-25(29-23-9-14-28-15-10-23)22-8-4-5-20(19-22)11-18-37(35,36)32-16-12-27(13-17-32)26(34)30-24(31-27)21-6-2-1-3-7-21/h4-5,8-10,14-15,19,21H,1-3,6-7,11-13,16-18H2,(H,28,29,33)(H,30,31,34). The molecular formula is C27H33N5O4S. The summed E-state index contributed by atoms with van der Waals surface area (Å²) in [5.74, 6) is 0.737. The van der Waals surface area contributed by atoms with Gasteiger partial charge in [0.2, 0.25) is 10.0 Å². The lowest BCUT2D eigenvalue weighted by atomic mass is 9.88. The van der Waals surface area contributed by atoms with Gasteiger partial charge in [-0.15, -0.1) is 0 Å². The molecule has 1 aliphatic carbocycles. The lowest BCUT2D eigenvalue weighted by Gasteiger charge is -2.34. The zero-order valence-corrected chi connectivity index (χ0v) is 21.7. The number of aromatic nitrogens is 1. The number of amides is 2. The molecule has 10 heteroatoms. The highest BCUT2D eigenvalue weighted by Crippen LogP contribution is 2.34. The first-order chi connectivity index (χ1) is 17.8. The summed E-state index contributed by atoms with van der Waals surface area (Å²) in [6.07, 6.45) is 9.97. The van der Waals surface area contributed by atoms with Gasteiger partial charge in [0.1, 0.15) is 11.4 Å². The predicted molar refractivity (Wildman–Crippen MR) is 142 cm³/mol. The molecule has 196 valence electrons. The van der Waals surface area contributed by atoms with Gasteiger partial charge in [-0.2, -0.15) is 0 Å². The molecule has 1 saturated heterocycles. The van der Waals surface area contributed by atoms with Crippen molar-refractivity contribution in [2.75, 3.05) is 24.2 Å². The summed E-state index contributed by atoms with van der Waals surface area (Å²) in [4.78, 5) is 34.2. The summed E-state index contributed by atoms with van der Waals surface area (Å²) < 4.78 is 27.7. The summed E-state index contributed by atoms with van der Waals surface area (Å²) in [6, 6.07) is 10.4. The summed E-state index contributed by atoms with van der Waals surface area (Å²) >= 11 is 0. The Labute approximate surface area is 217 Å².